The molecule has 7 heteroatoms. The van der Waals surface area contributed by atoms with Crippen LogP contribution in [0.1, 0.15) is 40.9 Å². The zero-order chi connectivity index (χ0) is 18.9. The molecule has 1 saturated carbocycles. The number of carbonyl (C=O) groups excluding carboxylic acids is 1. The molecule has 0 spiro atoms. The van der Waals surface area contributed by atoms with E-state index >= 15 is 0 Å². The molecule has 2 N–H and O–H groups in total. The average molecular weight is 403 g/mol. The van der Waals surface area contributed by atoms with Gasteiger partial charge in [0.25, 0.3) is 5.91 Å². The van der Waals surface area contributed by atoms with Gasteiger partial charge in [-0.15, -0.1) is 12.4 Å². The first-order valence-electron chi connectivity index (χ1n) is 9.56. The van der Waals surface area contributed by atoms with Crippen molar-refractivity contribution in [2.24, 2.45) is 17.6 Å². The number of fused-ring (bicyclic) bond motifs is 2. The number of aromatic nitrogens is 2. The number of likely N-dealkylation sites (tertiary alicyclic amines) is 1. The Kier molecular flexibility index (Phi) is 6.33. The Morgan fingerprint density at radius 1 is 1.21 bits per heavy atom. The first-order chi connectivity index (χ1) is 13.1. The summed E-state index contributed by atoms with van der Waals surface area (Å²) in [6.07, 6.45) is 8.83. The second kappa shape index (κ2) is 8.55. The van der Waals surface area contributed by atoms with Gasteiger partial charge in [0, 0.05) is 57.2 Å². The van der Waals surface area contributed by atoms with E-state index < -0.39 is 5.91 Å². The lowest BCUT2D eigenvalue weighted by molar-refractivity contribution is -0.170. The van der Waals surface area contributed by atoms with Crippen LogP contribution in [0.25, 0.3) is 0 Å². The minimum atomic E-state index is -0.497. The van der Waals surface area contributed by atoms with E-state index in [4.69, 9.17) is 10.5 Å². The van der Waals surface area contributed by atoms with Gasteiger partial charge < -0.3 is 10.5 Å². The van der Waals surface area contributed by atoms with E-state index in [1.54, 1.807) is 13.3 Å². The quantitative estimate of drug-likeness (QED) is 0.831. The number of methoxy groups -OCH3 is 1. The van der Waals surface area contributed by atoms with Crippen LogP contribution in [-0.2, 0) is 16.9 Å². The summed E-state index contributed by atoms with van der Waals surface area (Å²) in [5, 5.41) is 0. The first-order valence-corrected chi connectivity index (χ1v) is 9.56. The van der Waals surface area contributed by atoms with Gasteiger partial charge in [-0.2, -0.15) is 0 Å². The van der Waals surface area contributed by atoms with Gasteiger partial charge in [0.2, 0.25) is 0 Å². The molecule has 1 aliphatic heterocycles. The lowest BCUT2D eigenvalue weighted by Crippen LogP contribution is -2.58. The molecule has 0 radical (unpaired) electrons. The van der Waals surface area contributed by atoms with Gasteiger partial charge in [0.15, 0.2) is 0 Å². The molecule has 28 heavy (non-hydrogen) atoms. The van der Waals surface area contributed by atoms with Crippen molar-refractivity contribution in [2.75, 3.05) is 20.2 Å². The van der Waals surface area contributed by atoms with Crippen molar-refractivity contribution in [2.45, 2.75) is 31.4 Å². The number of piperidine rings is 1. The van der Waals surface area contributed by atoms with Crippen LogP contribution in [0.2, 0.25) is 0 Å². The minimum absolute atomic E-state index is 0. The maximum atomic E-state index is 11.6. The zero-order valence-corrected chi connectivity index (χ0v) is 16.9. The third-order valence-electron chi connectivity index (χ3n) is 6.23. The third-order valence-corrected chi connectivity index (χ3v) is 6.23. The molecule has 2 aromatic heterocycles. The third kappa shape index (κ3) is 3.64. The Bertz CT molecular complexity index is 803. The highest BCUT2D eigenvalue weighted by molar-refractivity contribution is 5.90. The van der Waals surface area contributed by atoms with Crippen LogP contribution < -0.4 is 5.73 Å². The van der Waals surface area contributed by atoms with Crippen LogP contribution in [0, 0.1) is 11.8 Å². The number of nitrogens with two attached hydrogens (primary N) is 1. The van der Waals surface area contributed by atoms with Gasteiger partial charge in [-0.25, -0.2) is 0 Å². The van der Waals surface area contributed by atoms with Gasteiger partial charge in [0.05, 0.1) is 0 Å². The smallest absolute Gasteiger partial charge is 0.267 e. The molecule has 2 aliphatic rings. The number of halogens is 1. The molecule has 2 bridgehead atoms. The summed E-state index contributed by atoms with van der Waals surface area (Å²) < 4.78 is 6.25. The second-order valence-corrected chi connectivity index (χ2v) is 7.67. The fourth-order valence-electron chi connectivity index (χ4n) is 5.13. The molecule has 4 rings (SSSR count). The molecule has 3 heterocycles. The van der Waals surface area contributed by atoms with Crippen molar-refractivity contribution in [3.63, 3.8) is 0 Å². The van der Waals surface area contributed by atoms with E-state index in [2.05, 4.69) is 27.0 Å². The predicted octanol–water partition coefficient (Wildman–Crippen LogP) is 2.77. The van der Waals surface area contributed by atoms with Gasteiger partial charge in [-0.3, -0.25) is 19.7 Å². The number of pyridine rings is 2. The number of primary amides is 1. The number of carbonyl (C=O) groups is 1. The number of rotatable bonds is 5. The first kappa shape index (κ1) is 20.7. The Hall–Kier alpha value is -2.02. The van der Waals surface area contributed by atoms with E-state index in [0.717, 1.165) is 38.0 Å². The summed E-state index contributed by atoms with van der Waals surface area (Å²) in [4.78, 5) is 22.4. The van der Waals surface area contributed by atoms with Gasteiger partial charge in [0.1, 0.15) is 11.3 Å². The molecule has 1 amide bonds. The summed E-state index contributed by atoms with van der Waals surface area (Å²) >= 11 is 0. The predicted molar refractivity (Wildman–Crippen MR) is 109 cm³/mol. The number of hydrogen-bond donors (Lipinski definition) is 1. The number of hydrogen-bond acceptors (Lipinski definition) is 5. The van der Waals surface area contributed by atoms with Gasteiger partial charge in [-0.1, -0.05) is 6.42 Å². The van der Waals surface area contributed by atoms with Crippen molar-refractivity contribution < 1.29 is 9.53 Å². The highest BCUT2D eigenvalue weighted by Crippen LogP contribution is 2.51. The average Bonchev–Trinajstić information content (AvgIpc) is 2.68. The van der Waals surface area contributed by atoms with Gasteiger partial charge >= 0.3 is 0 Å². The Morgan fingerprint density at radius 3 is 2.50 bits per heavy atom. The standard InChI is InChI=1S/C21H26N4O2.ClH/c1-27-21(16-7-10-24-19(11-16)20(22)26)17-3-2-4-18(21)14-25(13-17)12-15-5-8-23-9-6-15;/h5-11,17-18H,2-4,12-14H2,1H3,(H2,22,26);1H/t17-,18+,21?;. The van der Waals surface area contributed by atoms with Crippen LogP contribution in [0.15, 0.2) is 42.9 Å². The molecule has 1 saturated heterocycles. The maximum Gasteiger partial charge on any atom is 0.267 e. The maximum absolute atomic E-state index is 11.6. The molecule has 2 aromatic rings. The topological polar surface area (TPSA) is 81.3 Å². The molecular formula is C21H27ClN4O2. The normalized spacial score (nSPS) is 27.0. The fraction of sp³-hybridized carbons (Fsp3) is 0.476. The van der Waals surface area contributed by atoms with Crippen molar-refractivity contribution in [1.82, 2.24) is 14.9 Å². The summed E-state index contributed by atoms with van der Waals surface area (Å²) in [6, 6.07) is 7.97. The largest absolute Gasteiger partial charge is 0.373 e. The summed E-state index contributed by atoms with van der Waals surface area (Å²) in [5.74, 6) is 0.253. The fourth-order valence-corrected chi connectivity index (χ4v) is 5.13. The SMILES string of the molecule is COC1(c2ccnc(C(N)=O)c2)[C@@H]2CCC[C@H]1CN(Cc1ccncc1)C2.Cl. The van der Waals surface area contributed by atoms with E-state index in [1.165, 1.54) is 12.0 Å². The second-order valence-electron chi connectivity index (χ2n) is 7.67. The van der Waals surface area contributed by atoms with E-state index in [9.17, 15) is 4.79 Å². The summed E-state index contributed by atoms with van der Waals surface area (Å²) in [6.45, 7) is 2.87. The molecule has 6 nitrogen and oxygen atoms in total. The monoisotopic (exact) mass is 402 g/mol. The van der Waals surface area contributed by atoms with E-state index in [0.29, 0.717) is 17.5 Å². The zero-order valence-electron chi connectivity index (χ0n) is 16.1. The molecule has 150 valence electrons. The highest BCUT2D eigenvalue weighted by Gasteiger charge is 2.53. The number of ether oxygens (including phenoxy) is 1. The lowest BCUT2D eigenvalue weighted by Gasteiger charge is -2.55. The molecule has 2 fully saturated rings. The van der Waals surface area contributed by atoms with Crippen LogP contribution in [0.5, 0.6) is 0 Å². The highest BCUT2D eigenvalue weighted by atomic mass is 35.5. The Balaban J connectivity index is 0.00000225. The van der Waals surface area contributed by atoms with Crippen molar-refractivity contribution in [3.05, 3.63) is 59.7 Å². The molecule has 1 unspecified atom stereocenters. The summed E-state index contributed by atoms with van der Waals surface area (Å²) in [7, 11) is 1.80. The summed E-state index contributed by atoms with van der Waals surface area (Å²) in [5.41, 5.74) is 7.72. The van der Waals surface area contributed by atoms with Crippen molar-refractivity contribution in [3.8, 4) is 0 Å². The van der Waals surface area contributed by atoms with Gasteiger partial charge in [-0.05, 0) is 48.2 Å². The van der Waals surface area contributed by atoms with Crippen LogP contribution in [-0.4, -0.2) is 41.0 Å². The minimum Gasteiger partial charge on any atom is -0.373 e. The Morgan fingerprint density at radius 2 is 1.89 bits per heavy atom. The number of nitrogens with zero attached hydrogens (tertiary/aromatic N) is 3. The molecule has 3 atom stereocenters. The molecule has 1 aliphatic carbocycles. The van der Waals surface area contributed by atoms with Crippen LogP contribution in [0.3, 0.4) is 0 Å². The van der Waals surface area contributed by atoms with E-state index in [1.807, 2.05) is 24.5 Å². The van der Waals surface area contributed by atoms with Crippen LogP contribution >= 0.6 is 12.4 Å². The van der Waals surface area contributed by atoms with Crippen molar-refractivity contribution in [1.29, 1.82) is 0 Å². The van der Waals surface area contributed by atoms with E-state index in [-0.39, 0.29) is 18.0 Å². The molecular weight excluding hydrogens is 376 g/mol. The molecule has 0 aromatic carbocycles. The Labute approximate surface area is 171 Å². The van der Waals surface area contributed by atoms with Crippen LogP contribution in [0.4, 0.5) is 0 Å². The van der Waals surface area contributed by atoms with Crippen molar-refractivity contribution >= 4 is 18.3 Å². The lowest BCUT2D eigenvalue weighted by atomic mass is 9.62. The number of amides is 1.